The van der Waals surface area contributed by atoms with E-state index in [0.29, 0.717) is 46.2 Å². The fourth-order valence-corrected chi connectivity index (χ4v) is 1.74. The van der Waals surface area contributed by atoms with Crippen LogP contribution in [0.25, 0.3) is 6.08 Å². The summed E-state index contributed by atoms with van der Waals surface area (Å²) in [6, 6.07) is 8.34. The molecule has 0 aliphatic carbocycles. The van der Waals surface area contributed by atoms with Gasteiger partial charge in [-0.15, -0.1) is 0 Å². The predicted molar refractivity (Wildman–Crippen MR) is 86.4 cm³/mol. The van der Waals surface area contributed by atoms with Crippen LogP contribution in [0.4, 0.5) is 0 Å². The topological polar surface area (TPSA) is 53.7 Å². The molecular formula is C17H27NO3. The molecular weight excluding hydrogens is 266 g/mol. The first-order valence-corrected chi connectivity index (χ1v) is 7.51. The lowest BCUT2D eigenvalue weighted by atomic mass is 10.1. The lowest BCUT2D eigenvalue weighted by molar-refractivity contribution is 0.0150. The molecule has 0 unspecified atom stereocenters. The molecule has 118 valence electrons. The number of benzene rings is 1. The number of ether oxygens (including phenoxy) is 3. The zero-order chi connectivity index (χ0) is 15.2. The molecule has 21 heavy (non-hydrogen) atoms. The van der Waals surface area contributed by atoms with Gasteiger partial charge in [-0.1, -0.05) is 36.9 Å². The maximum absolute atomic E-state index is 5.54. The van der Waals surface area contributed by atoms with Crippen molar-refractivity contribution in [2.45, 2.75) is 12.8 Å². The second-order valence-corrected chi connectivity index (χ2v) is 4.68. The zero-order valence-corrected chi connectivity index (χ0v) is 12.8. The second kappa shape index (κ2) is 12.5. The highest BCUT2D eigenvalue weighted by atomic mass is 16.5. The van der Waals surface area contributed by atoms with Crippen LogP contribution in [0.1, 0.15) is 17.5 Å². The first kappa shape index (κ1) is 17.9. The Kier molecular flexibility index (Phi) is 10.7. The SMILES string of the molecule is C=Cc1ccc(CCOCCOCCOCCCN)cc1. The minimum absolute atomic E-state index is 0.607. The summed E-state index contributed by atoms with van der Waals surface area (Å²) in [5, 5.41) is 0. The maximum Gasteiger partial charge on any atom is 0.0701 e. The predicted octanol–water partition coefficient (Wildman–Crippen LogP) is 2.27. The summed E-state index contributed by atoms with van der Waals surface area (Å²) in [6.45, 7) is 8.29. The highest BCUT2D eigenvalue weighted by Gasteiger charge is 1.95. The van der Waals surface area contributed by atoms with Crippen LogP contribution in [-0.4, -0.2) is 46.2 Å². The van der Waals surface area contributed by atoms with Gasteiger partial charge in [-0.2, -0.15) is 0 Å². The second-order valence-electron chi connectivity index (χ2n) is 4.68. The molecule has 1 aromatic rings. The zero-order valence-electron chi connectivity index (χ0n) is 12.8. The standard InChI is InChI=1S/C17H27NO3/c1-2-16-4-6-17(7-5-16)8-11-20-13-15-21-14-12-19-10-3-9-18/h2,4-7H,1,3,8-15,18H2. The summed E-state index contributed by atoms with van der Waals surface area (Å²) < 4.78 is 16.3. The van der Waals surface area contributed by atoms with Gasteiger partial charge >= 0.3 is 0 Å². The Hall–Kier alpha value is -1.20. The Labute approximate surface area is 127 Å². The van der Waals surface area contributed by atoms with E-state index in [1.807, 2.05) is 6.08 Å². The molecule has 0 aliphatic heterocycles. The Morgan fingerprint density at radius 2 is 1.43 bits per heavy atom. The lowest BCUT2D eigenvalue weighted by Gasteiger charge is -2.07. The molecule has 0 bridgehead atoms. The summed E-state index contributed by atoms with van der Waals surface area (Å²) in [5.41, 5.74) is 7.78. The van der Waals surface area contributed by atoms with E-state index in [9.17, 15) is 0 Å². The Balaban J connectivity index is 1.89. The van der Waals surface area contributed by atoms with E-state index in [1.54, 1.807) is 0 Å². The van der Waals surface area contributed by atoms with Gasteiger partial charge in [-0.05, 0) is 30.5 Å². The van der Waals surface area contributed by atoms with Crippen molar-refractivity contribution in [3.05, 3.63) is 42.0 Å². The number of hydrogen-bond acceptors (Lipinski definition) is 4. The van der Waals surface area contributed by atoms with Gasteiger partial charge in [0.15, 0.2) is 0 Å². The molecule has 0 atom stereocenters. The largest absolute Gasteiger partial charge is 0.379 e. The third kappa shape index (κ3) is 9.37. The average molecular weight is 293 g/mol. The first-order valence-electron chi connectivity index (χ1n) is 7.51. The lowest BCUT2D eigenvalue weighted by Crippen LogP contribution is -2.12. The molecule has 1 aromatic carbocycles. The summed E-state index contributed by atoms with van der Waals surface area (Å²) in [6.07, 6.45) is 3.66. The van der Waals surface area contributed by atoms with Gasteiger partial charge in [-0.3, -0.25) is 0 Å². The molecule has 0 spiro atoms. The average Bonchev–Trinajstić information content (AvgIpc) is 2.53. The van der Waals surface area contributed by atoms with Crippen LogP contribution in [0.15, 0.2) is 30.8 Å². The Bertz CT molecular complexity index is 365. The van der Waals surface area contributed by atoms with Crippen LogP contribution in [0, 0.1) is 0 Å². The quantitative estimate of drug-likeness (QED) is 0.567. The molecule has 0 heterocycles. The molecule has 0 amide bonds. The van der Waals surface area contributed by atoms with Crippen molar-refractivity contribution in [3.8, 4) is 0 Å². The van der Waals surface area contributed by atoms with Crippen LogP contribution < -0.4 is 5.73 Å². The Morgan fingerprint density at radius 3 is 2.00 bits per heavy atom. The van der Waals surface area contributed by atoms with Crippen molar-refractivity contribution in [1.29, 1.82) is 0 Å². The molecule has 0 aliphatic rings. The van der Waals surface area contributed by atoms with Crippen LogP contribution >= 0.6 is 0 Å². The van der Waals surface area contributed by atoms with Crippen LogP contribution in [0.3, 0.4) is 0 Å². The van der Waals surface area contributed by atoms with Crippen LogP contribution in [0.5, 0.6) is 0 Å². The van der Waals surface area contributed by atoms with Crippen molar-refractivity contribution in [2.75, 3.05) is 46.2 Å². The summed E-state index contributed by atoms with van der Waals surface area (Å²) in [5.74, 6) is 0. The van der Waals surface area contributed by atoms with Crippen molar-refractivity contribution < 1.29 is 14.2 Å². The Morgan fingerprint density at radius 1 is 0.857 bits per heavy atom. The van der Waals surface area contributed by atoms with Crippen molar-refractivity contribution >= 4 is 6.08 Å². The molecule has 0 saturated heterocycles. The minimum atomic E-state index is 0.607. The van der Waals surface area contributed by atoms with Crippen molar-refractivity contribution in [3.63, 3.8) is 0 Å². The van der Waals surface area contributed by atoms with Crippen LogP contribution in [0.2, 0.25) is 0 Å². The molecule has 1 rings (SSSR count). The van der Waals surface area contributed by atoms with E-state index < -0.39 is 0 Å². The third-order valence-electron chi connectivity index (χ3n) is 2.99. The smallest absolute Gasteiger partial charge is 0.0701 e. The number of nitrogens with two attached hydrogens (primary N) is 1. The van der Waals surface area contributed by atoms with Crippen LogP contribution in [-0.2, 0) is 20.6 Å². The van der Waals surface area contributed by atoms with Gasteiger partial charge in [0, 0.05) is 6.61 Å². The molecule has 4 nitrogen and oxygen atoms in total. The molecule has 0 radical (unpaired) electrons. The summed E-state index contributed by atoms with van der Waals surface area (Å²) in [7, 11) is 0. The van der Waals surface area contributed by atoms with Gasteiger partial charge in [0.25, 0.3) is 0 Å². The monoisotopic (exact) mass is 293 g/mol. The van der Waals surface area contributed by atoms with Crippen molar-refractivity contribution in [1.82, 2.24) is 0 Å². The summed E-state index contributed by atoms with van der Waals surface area (Å²) in [4.78, 5) is 0. The number of hydrogen-bond donors (Lipinski definition) is 1. The van der Waals surface area contributed by atoms with Crippen molar-refractivity contribution in [2.24, 2.45) is 5.73 Å². The number of rotatable bonds is 13. The molecule has 4 heteroatoms. The first-order chi connectivity index (χ1) is 10.4. The van der Waals surface area contributed by atoms with Gasteiger partial charge < -0.3 is 19.9 Å². The van der Waals surface area contributed by atoms with E-state index in [4.69, 9.17) is 19.9 Å². The van der Waals surface area contributed by atoms with E-state index in [-0.39, 0.29) is 0 Å². The maximum atomic E-state index is 5.54. The highest BCUT2D eigenvalue weighted by molar-refractivity contribution is 5.47. The third-order valence-corrected chi connectivity index (χ3v) is 2.99. The van der Waals surface area contributed by atoms with Gasteiger partial charge in [0.05, 0.1) is 33.0 Å². The van der Waals surface area contributed by atoms with E-state index in [0.717, 1.165) is 18.4 Å². The van der Waals surface area contributed by atoms with E-state index >= 15 is 0 Å². The molecule has 0 aromatic heterocycles. The van der Waals surface area contributed by atoms with Gasteiger partial charge in [0.2, 0.25) is 0 Å². The fourth-order valence-electron chi connectivity index (χ4n) is 1.74. The summed E-state index contributed by atoms with van der Waals surface area (Å²) >= 11 is 0. The normalized spacial score (nSPS) is 10.7. The van der Waals surface area contributed by atoms with E-state index in [2.05, 4.69) is 30.8 Å². The highest BCUT2D eigenvalue weighted by Crippen LogP contribution is 2.06. The molecule has 0 fully saturated rings. The van der Waals surface area contributed by atoms with E-state index in [1.165, 1.54) is 5.56 Å². The van der Waals surface area contributed by atoms with Gasteiger partial charge in [0.1, 0.15) is 0 Å². The fraction of sp³-hybridized carbons (Fsp3) is 0.529. The minimum Gasteiger partial charge on any atom is -0.379 e. The molecule has 2 N–H and O–H groups in total. The molecule has 0 saturated carbocycles. The van der Waals surface area contributed by atoms with Gasteiger partial charge in [-0.25, -0.2) is 0 Å².